The number of aromatic nitrogens is 1. The molecule has 4 heteroatoms. The molecule has 1 heterocycles. The lowest BCUT2D eigenvalue weighted by molar-refractivity contribution is -0.139. The van der Waals surface area contributed by atoms with E-state index in [2.05, 4.69) is 4.98 Å². The summed E-state index contributed by atoms with van der Waals surface area (Å²) in [6, 6.07) is 3.35. The van der Waals surface area contributed by atoms with Gasteiger partial charge in [0, 0.05) is 6.20 Å². The van der Waals surface area contributed by atoms with E-state index < -0.39 is 11.9 Å². The Morgan fingerprint density at radius 1 is 1.71 bits per heavy atom. The number of hydrogen-bond donors (Lipinski definition) is 1. The summed E-state index contributed by atoms with van der Waals surface area (Å²) in [4.78, 5) is 14.9. The first-order valence-corrected chi connectivity index (χ1v) is 4.87. The van der Waals surface area contributed by atoms with Crippen LogP contribution in [-0.2, 0) is 4.79 Å². The van der Waals surface area contributed by atoms with Crippen LogP contribution in [0.15, 0.2) is 18.3 Å². The minimum absolute atomic E-state index is 0.424. The van der Waals surface area contributed by atoms with Gasteiger partial charge in [0.05, 0.1) is 10.7 Å². The highest BCUT2D eigenvalue weighted by atomic mass is 35.5. The maximum atomic E-state index is 10.9. The molecule has 0 aliphatic carbocycles. The number of halogens is 1. The van der Waals surface area contributed by atoms with Crippen LogP contribution in [0.1, 0.15) is 31.4 Å². The molecule has 14 heavy (non-hydrogen) atoms. The van der Waals surface area contributed by atoms with Crippen molar-refractivity contribution in [2.45, 2.75) is 25.7 Å². The second-order valence-electron chi connectivity index (χ2n) is 3.05. The van der Waals surface area contributed by atoms with Gasteiger partial charge in [-0.2, -0.15) is 0 Å². The van der Waals surface area contributed by atoms with Gasteiger partial charge < -0.3 is 5.11 Å². The SMILES string of the molecule is CCCC(C(=O)O)c1ncccc1Cl. The van der Waals surface area contributed by atoms with Crippen LogP contribution < -0.4 is 0 Å². The van der Waals surface area contributed by atoms with Gasteiger partial charge in [0.2, 0.25) is 0 Å². The summed E-state index contributed by atoms with van der Waals surface area (Å²) in [5.74, 6) is -1.46. The Hall–Kier alpha value is -1.09. The van der Waals surface area contributed by atoms with Gasteiger partial charge in [0.25, 0.3) is 0 Å². The summed E-state index contributed by atoms with van der Waals surface area (Å²) in [6.07, 6.45) is 2.92. The van der Waals surface area contributed by atoms with Gasteiger partial charge in [-0.05, 0) is 18.6 Å². The lowest BCUT2D eigenvalue weighted by Gasteiger charge is -2.11. The van der Waals surface area contributed by atoms with Crippen LogP contribution in [0, 0.1) is 0 Å². The zero-order valence-corrected chi connectivity index (χ0v) is 8.66. The standard InChI is InChI=1S/C10H12ClNO2/c1-2-4-7(10(13)14)9-8(11)5-3-6-12-9/h3,5-7H,2,4H2,1H3,(H,13,14). The zero-order chi connectivity index (χ0) is 10.6. The first-order chi connectivity index (χ1) is 6.66. The van der Waals surface area contributed by atoms with Crippen LogP contribution in [0.25, 0.3) is 0 Å². The fourth-order valence-corrected chi connectivity index (χ4v) is 1.57. The third-order valence-electron chi connectivity index (χ3n) is 1.99. The molecule has 0 fully saturated rings. The van der Waals surface area contributed by atoms with E-state index in [0.29, 0.717) is 17.1 Å². The number of carboxylic acid groups (broad SMARTS) is 1. The van der Waals surface area contributed by atoms with E-state index in [-0.39, 0.29) is 0 Å². The van der Waals surface area contributed by atoms with Gasteiger partial charge in [-0.15, -0.1) is 0 Å². The van der Waals surface area contributed by atoms with E-state index in [1.54, 1.807) is 18.3 Å². The summed E-state index contributed by atoms with van der Waals surface area (Å²) in [5, 5.41) is 9.41. The van der Waals surface area contributed by atoms with Gasteiger partial charge in [-0.1, -0.05) is 24.9 Å². The van der Waals surface area contributed by atoms with Crippen LogP contribution in [0.5, 0.6) is 0 Å². The largest absolute Gasteiger partial charge is 0.481 e. The average Bonchev–Trinajstić information content (AvgIpc) is 2.15. The van der Waals surface area contributed by atoms with Crippen LogP contribution in [0.2, 0.25) is 5.02 Å². The molecular formula is C10H12ClNO2. The van der Waals surface area contributed by atoms with Crippen LogP contribution in [-0.4, -0.2) is 16.1 Å². The lowest BCUT2D eigenvalue weighted by atomic mass is 9.99. The van der Waals surface area contributed by atoms with E-state index in [9.17, 15) is 4.79 Å². The maximum absolute atomic E-state index is 10.9. The Morgan fingerprint density at radius 3 is 2.93 bits per heavy atom. The minimum atomic E-state index is -0.868. The quantitative estimate of drug-likeness (QED) is 0.837. The second kappa shape index (κ2) is 4.96. The Kier molecular flexibility index (Phi) is 3.89. The Bertz CT molecular complexity index is 328. The van der Waals surface area contributed by atoms with E-state index in [0.717, 1.165) is 6.42 Å². The molecule has 0 radical (unpaired) electrons. The normalized spacial score (nSPS) is 12.4. The molecule has 0 amide bonds. The number of pyridine rings is 1. The third kappa shape index (κ3) is 2.45. The molecular weight excluding hydrogens is 202 g/mol. The first kappa shape index (κ1) is 11.0. The van der Waals surface area contributed by atoms with Crippen molar-refractivity contribution in [3.05, 3.63) is 29.0 Å². The first-order valence-electron chi connectivity index (χ1n) is 4.50. The van der Waals surface area contributed by atoms with Gasteiger partial charge in [-0.25, -0.2) is 0 Å². The smallest absolute Gasteiger partial charge is 0.312 e. The highest BCUT2D eigenvalue weighted by Gasteiger charge is 2.22. The molecule has 0 saturated heterocycles. The minimum Gasteiger partial charge on any atom is -0.481 e. The summed E-state index contributed by atoms with van der Waals surface area (Å²) in [6.45, 7) is 1.94. The molecule has 1 aromatic rings. The van der Waals surface area contributed by atoms with Gasteiger partial charge in [0.1, 0.15) is 5.92 Å². The van der Waals surface area contributed by atoms with E-state index in [1.165, 1.54) is 0 Å². The molecule has 1 N–H and O–H groups in total. The van der Waals surface area contributed by atoms with Crippen LogP contribution in [0.4, 0.5) is 0 Å². The topological polar surface area (TPSA) is 50.2 Å². The Labute approximate surface area is 87.7 Å². The molecule has 0 saturated carbocycles. The maximum Gasteiger partial charge on any atom is 0.312 e. The van der Waals surface area contributed by atoms with Crippen molar-refractivity contribution in [3.8, 4) is 0 Å². The number of carboxylic acids is 1. The fourth-order valence-electron chi connectivity index (χ4n) is 1.32. The summed E-state index contributed by atoms with van der Waals surface area (Å²) in [5.41, 5.74) is 0.462. The molecule has 0 aliphatic heterocycles. The fraction of sp³-hybridized carbons (Fsp3) is 0.400. The van der Waals surface area contributed by atoms with E-state index >= 15 is 0 Å². The molecule has 0 aromatic carbocycles. The predicted molar refractivity (Wildman–Crippen MR) is 54.5 cm³/mol. The van der Waals surface area contributed by atoms with Crippen molar-refractivity contribution in [3.63, 3.8) is 0 Å². The second-order valence-corrected chi connectivity index (χ2v) is 3.46. The van der Waals surface area contributed by atoms with Gasteiger partial charge in [0.15, 0.2) is 0 Å². The molecule has 0 bridgehead atoms. The van der Waals surface area contributed by atoms with E-state index in [1.807, 2.05) is 6.92 Å². The molecule has 76 valence electrons. The number of rotatable bonds is 4. The van der Waals surface area contributed by atoms with Gasteiger partial charge >= 0.3 is 5.97 Å². The lowest BCUT2D eigenvalue weighted by Crippen LogP contribution is -2.13. The summed E-state index contributed by atoms with van der Waals surface area (Å²) >= 11 is 5.87. The highest BCUT2D eigenvalue weighted by molar-refractivity contribution is 6.31. The van der Waals surface area contributed by atoms with Crippen molar-refractivity contribution in [2.24, 2.45) is 0 Å². The number of carbonyl (C=O) groups is 1. The summed E-state index contributed by atoms with van der Waals surface area (Å²) < 4.78 is 0. The zero-order valence-electron chi connectivity index (χ0n) is 7.90. The third-order valence-corrected chi connectivity index (χ3v) is 2.31. The average molecular weight is 214 g/mol. The molecule has 3 nitrogen and oxygen atoms in total. The number of hydrogen-bond acceptors (Lipinski definition) is 2. The monoisotopic (exact) mass is 213 g/mol. The molecule has 1 unspecified atom stereocenters. The van der Waals surface area contributed by atoms with Crippen molar-refractivity contribution in [1.82, 2.24) is 4.98 Å². The highest BCUT2D eigenvalue weighted by Crippen LogP contribution is 2.25. The molecule has 1 atom stereocenters. The van der Waals surface area contributed by atoms with Crippen LogP contribution in [0.3, 0.4) is 0 Å². The van der Waals surface area contributed by atoms with E-state index in [4.69, 9.17) is 16.7 Å². The number of nitrogens with zero attached hydrogens (tertiary/aromatic N) is 1. The van der Waals surface area contributed by atoms with Crippen molar-refractivity contribution < 1.29 is 9.90 Å². The molecule has 1 aromatic heterocycles. The number of aliphatic carboxylic acids is 1. The molecule has 0 spiro atoms. The van der Waals surface area contributed by atoms with Gasteiger partial charge in [-0.3, -0.25) is 9.78 Å². The summed E-state index contributed by atoms with van der Waals surface area (Å²) in [7, 11) is 0. The predicted octanol–water partition coefficient (Wildman–Crippen LogP) is 2.70. The Balaban J connectivity index is 2.99. The molecule has 0 aliphatic rings. The van der Waals surface area contributed by atoms with Crippen molar-refractivity contribution >= 4 is 17.6 Å². The van der Waals surface area contributed by atoms with Crippen molar-refractivity contribution in [2.75, 3.05) is 0 Å². The van der Waals surface area contributed by atoms with Crippen LogP contribution >= 0.6 is 11.6 Å². The Morgan fingerprint density at radius 2 is 2.43 bits per heavy atom. The molecule has 1 rings (SSSR count). The van der Waals surface area contributed by atoms with Crippen molar-refractivity contribution in [1.29, 1.82) is 0 Å².